The van der Waals surface area contributed by atoms with Gasteiger partial charge in [0.25, 0.3) is 0 Å². The van der Waals surface area contributed by atoms with E-state index in [-0.39, 0.29) is 0 Å². The van der Waals surface area contributed by atoms with E-state index in [4.69, 9.17) is 5.73 Å². The molecule has 0 aliphatic carbocycles. The summed E-state index contributed by atoms with van der Waals surface area (Å²) in [5.74, 6) is 0. The summed E-state index contributed by atoms with van der Waals surface area (Å²) in [5.41, 5.74) is 9.68. The summed E-state index contributed by atoms with van der Waals surface area (Å²) in [7, 11) is 2.16. The Bertz CT molecular complexity index is 321. The molecule has 1 aromatic carbocycles. The van der Waals surface area contributed by atoms with E-state index < -0.39 is 0 Å². The molecule has 0 aliphatic rings. The van der Waals surface area contributed by atoms with Gasteiger partial charge >= 0.3 is 0 Å². The van der Waals surface area contributed by atoms with Crippen molar-refractivity contribution >= 4 is 5.69 Å². The fourth-order valence-corrected chi connectivity index (χ4v) is 2.14. The van der Waals surface area contributed by atoms with Gasteiger partial charge in [-0.2, -0.15) is 0 Å². The van der Waals surface area contributed by atoms with E-state index in [1.165, 1.54) is 36.1 Å². The third-order valence-corrected chi connectivity index (χ3v) is 3.02. The lowest BCUT2D eigenvalue weighted by Gasteiger charge is -2.24. The Morgan fingerprint density at radius 2 is 2.00 bits per heavy atom. The normalized spacial score (nSPS) is 10.5. The number of hydrogen-bond acceptors (Lipinski definition) is 2. The predicted octanol–water partition coefficient (Wildman–Crippen LogP) is 3.08. The highest BCUT2D eigenvalue weighted by molar-refractivity contribution is 5.58. The van der Waals surface area contributed by atoms with Crippen LogP contribution in [-0.4, -0.2) is 13.6 Å². The average molecular weight is 220 g/mol. The molecule has 0 radical (unpaired) electrons. The smallest absolute Gasteiger partial charge is 0.0438 e. The zero-order valence-electron chi connectivity index (χ0n) is 10.8. The van der Waals surface area contributed by atoms with Crippen LogP contribution in [0.3, 0.4) is 0 Å². The Labute approximate surface area is 99.5 Å². The zero-order chi connectivity index (χ0) is 12.0. The van der Waals surface area contributed by atoms with Gasteiger partial charge in [-0.1, -0.05) is 38.0 Å². The molecule has 0 spiro atoms. The molecule has 1 aromatic rings. The lowest BCUT2D eigenvalue weighted by Crippen LogP contribution is -2.21. The summed E-state index contributed by atoms with van der Waals surface area (Å²) >= 11 is 0. The number of benzene rings is 1. The quantitative estimate of drug-likeness (QED) is 0.746. The van der Waals surface area contributed by atoms with Gasteiger partial charge in [0, 0.05) is 25.8 Å². The van der Waals surface area contributed by atoms with E-state index in [1.54, 1.807) is 0 Å². The zero-order valence-corrected chi connectivity index (χ0v) is 10.8. The maximum atomic E-state index is 5.79. The third kappa shape index (κ3) is 3.24. The van der Waals surface area contributed by atoms with E-state index in [9.17, 15) is 0 Å². The van der Waals surface area contributed by atoms with E-state index in [0.29, 0.717) is 6.54 Å². The molecule has 2 N–H and O–H groups in total. The third-order valence-electron chi connectivity index (χ3n) is 3.02. The minimum atomic E-state index is 0.620. The summed E-state index contributed by atoms with van der Waals surface area (Å²) in [4.78, 5) is 2.34. The van der Waals surface area contributed by atoms with Crippen LogP contribution in [0.1, 0.15) is 37.3 Å². The van der Waals surface area contributed by atoms with Gasteiger partial charge in [0.05, 0.1) is 0 Å². The summed E-state index contributed by atoms with van der Waals surface area (Å²) in [6.45, 7) is 6.13. The van der Waals surface area contributed by atoms with Crippen LogP contribution in [0.25, 0.3) is 0 Å². The maximum Gasteiger partial charge on any atom is 0.0438 e. The molecule has 1 rings (SSSR count). The number of aryl methyl sites for hydroxylation is 1. The highest BCUT2D eigenvalue weighted by Crippen LogP contribution is 2.24. The van der Waals surface area contributed by atoms with Crippen molar-refractivity contribution < 1.29 is 0 Å². The molecule has 90 valence electrons. The monoisotopic (exact) mass is 220 g/mol. The van der Waals surface area contributed by atoms with Crippen molar-refractivity contribution in [1.29, 1.82) is 0 Å². The number of rotatable bonds is 6. The summed E-state index contributed by atoms with van der Waals surface area (Å²) in [5, 5.41) is 0. The van der Waals surface area contributed by atoms with Crippen LogP contribution in [0.5, 0.6) is 0 Å². The fraction of sp³-hybridized carbons (Fsp3) is 0.571. The van der Waals surface area contributed by atoms with Crippen LogP contribution < -0.4 is 10.6 Å². The largest absolute Gasteiger partial charge is 0.374 e. The molecule has 0 aromatic heterocycles. The SMILES string of the molecule is CCCCCN(C)c1c(C)cccc1CN. The van der Waals surface area contributed by atoms with Crippen LogP contribution >= 0.6 is 0 Å². The van der Waals surface area contributed by atoms with Crippen molar-refractivity contribution in [3.8, 4) is 0 Å². The molecule has 0 bridgehead atoms. The Hall–Kier alpha value is -1.02. The Morgan fingerprint density at radius 1 is 1.25 bits per heavy atom. The first-order valence-corrected chi connectivity index (χ1v) is 6.20. The Kier molecular flexibility index (Phi) is 5.33. The van der Waals surface area contributed by atoms with Crippen molar-refractivity contribution in [2.75, 3.05) is 18.5 Å². The second kappa shape index (κ2) is 6.54. The summed E-state index contributed by atoms with van der Waals surface area (Å²) < 4.78 is 0. The second-order valence-corrected chi connectivity index (χ2v) is 4.42. The average Bonchev–Trinajstić information content (AvgIpc) is 2.28. The molecule has 0 heterocycles. The van der Waals surface area contributed by atoms with Crippen LogP contribution in [0.4, 0.5) is 5.69 Å². The summed E-state index contributed by atoms with van der Waals surface area (Å²) in [6, 6.07) is 6.37. The molecule has 16 heavy (non-hydrogen) atoms. The maximum absolute atomic E-state index is 5.79. The lowest BCUT2D eigenvalue weighted by atomic mass is 10.1. The lowest BCUT2D eigenvalue weighted by molar-refractivity contribution is 0.703. The number of anilines is 1. The number of hydrogen-bond donors (Lipinski definition) is 1. The van der Waals surface area contributed by atoms with Crippen LogP contribution in [-0.2, 0) is 6.54 Å². The molecule has 2 heteroatoms. The van der Waals surface area contributed by atoms with E-state index >= 15 is 0 Å². The van der Waals surface area contributed by atoms with Crippen LogP contribution in [0.2, 0.25) is 0 Å². The number of nitrogens with zero attached hydrogens (tertiary/aromatic N) is 1. The van der Waals surface area contributed by atoms with Gasteiger partial charge in [-0.15, -0.1) is 0 Å². The second-order valence-electron chi connectivity index (χ2n) is 4.42. The summed E-state index contributed by atoms with van der Waals surface area (Å²) in [6.07, 6.45) is 3.82. The standard InChI is InChI=1S/C14H24N2/c1-4-5-6-10-16(3)14-12(2)8-7-9-13(14)11-15/h7-9H,4-6,10-11,15H2,1-3H3. The van der Waals surface area contributed by atoms with Gasteiger partial charge in [-0.3, -0.25) is 0 Å². The minimum Gasteiger partial charge on any atom is -0.374 e. The highest BCUT2D eigenvalue weighted by Gasteiger charge is 2.08. The number of para-hydroxylation sites is 1. The molecule has 2 nitrogen and oxygen atoms in total. The van der Waals surface area contributed by atoms with E-state index in [0.717, 1.165) is 6.54 Å². The fourth-order valence-electron chi connectivity index (χ4n) is 2.14. The van der Waals surface area contributed by atoms with Crippen LogP contribution in [0.15, 0.2) is 18.2 Å². The van der Waals surface area contributed by atoms with Gasteiger partial charge in [0.2, 0.25) is 0 Å². The van der Waals surface area contributed by atoms with Crippen molar-refractivity contribution in [2.45, 2.75) is 39.7 Å². The predicted molar refractivity (Wildman–Crippen MR) is 71.9 cm³/mol. The van der Waals surface area contributed by atoms with Crippen molar-refractivity contribution in [3.63, 3.8) is 0 Å². The van der Waals surface area contributed by atoms with E-state index in [1.807, 2.05) is 0 Å². The molecule has 0 saturated carbocycles. The molecule has 0 amide bonds. The van der Waals surface area contributed by atoms with Gasteiger partial charge < -0.3 is 10.6 Å². The van der Waals surface area contributed by atoms with Gasteiger partial charge in [-0.25, -0.2) is 0 Å². The molecule has 0 aliphatic heterocycles. The van der Waals surface area contributed by atoms with Crippen molar-refractivity contribution in [1.82, 2.24) is 0 Å². The molecular formula is C14H24N2. The molecule has 0 atom stereocenters. The first kappa shape index (κ1) is 13.0. The first-order valence-electron chi connectivity index (χ1n) is 6.20. The van der Waals surface area contributed by atoms with Crippen molar-refractivity contribution in [3.05, 3.63) is 29.3 Å². The van der Waals surface area contributed by atoms with Gasteiger partial charge in [0.1, 0.15) is 0 Å². The molecule has 0 fully saturated rings. The minimum absolute atomic E-state index is 0.620. The topological polar surface area (TPSA) is 29.3 Å². The van der Waals surface area contributed by atoms with Crippen LogP contribution in [0, 0.1) is 6.92 Å². The van der Waals surface area contributed by atoms with E-state index in [2.05, 4.69) is 44.0 Å². The Balaban J connectivity index is 2.76. The molecule has 0 unspecified atom stereocenters. The first-order chi connectivity index (χ1) is 7.70. The van der Waals surface area contributed by atoms with Gasteiger partial charge in [-0.05, 0) is 24.5 Å². The van der Waals surface area contributed by atoms with Gasteiger partial charge in [0.15, 0.2) is 0 Å². The Morgan fingerprint density at radius 3 is 2.62 bits per heavy atom. The molecular weight excluding hydrogens is 196 g/mol. The van der Waals surface area contributed by atoms with Crippen molar-refractivity contribution in [2.24, 2.45) is 5.73 Å². The highest BCUT2D eigenvalue weighted by atomic mass is 15.1. The number of unbranched alkanes of at least 4 members (excludes halogenated alkanes) is 2. The molecule has 0 saturated heterocycles. The number of nitrogens with two attached hydrogens (primary N) is 1.